The molecule has 0 bridgehead atoms. The van der Waals surface area contributed by atoms with Crippen LogP contribution in [0.4, 0.5) is 6.01 Å². The first-order chi connectivity index (χ1) is 15.8. The lowest BCUT2D eigenvalue weighted by Gasteiger charge is -2.31. The fourth-order valence-corrected chi connectivity index (χ4v) is 5.23. The number of aromatic nitrogens is 2. The highest BCUT2D eigenvalue weighted by Crippen LogP contribution is 2.30. The highest BCUT2D eigenvalue weighted by atomic mass is 35.5. The first-order valence-corrected chi connectivity index (χ1v) is 12.3. The number of hydrogen-bond donors (Lipinski definition) is 3. The van der Waals surface area contributed by atoms with Crippen molar-refractivity contribution in [1.82, 2.24) is 14.9 Å². The number of likely N-dealkylation sites (tertiary alicyclic amines) is 1. The van der Waals surface area contributed by atoms with Gasteiger partial charge in [-0.2, -0.15) is 13.4 Å². The van der Waals surface area contributed by atoms with Crippen LogP contribution in [0.15, 0.2) is 45.7 Å². The van der Waals surface area contributed by atoms with Crippen molar-refractivity contribution in [2.45, 2.75) is 30.3 Å². The lowest BCUT2D eigenvalue weighted by atomic mass is 10.1. The van der Waals surface area contributed by atoms with E-state index >= 15 is 0 Å². The Bertz CT molecular complexity index is 1420. The van der Waals surface area contributed by atoms with E-state index in [9.17, 15) is 13.0 Å². The molecule has 1 fully saturated rings. The molecule has 33 heavy (non-hydrogen) atoms. The van der Waals surface area contributed by atoms with Gasteiger partial charge in [-0.3, -0.25) is 9.45 Å². The molecule has 5 rings (SSSR count). The van der Waals surface area contributed by atoms with Crippen molar-refractivity contribution in [2.75, 3.05) is 25.5 Å². The van der Waals surface area contributed by atoms with Crippen LogP contribution in [-0.2, 0) is 16.7 Å². The van der Waals surface area contributed by atoms with Gasteiger partial charge in [0.2, 0.25) is 0 Å². The van der Waals surface area contributed by atoms with Crippen LogP contribution >= 0.6 is 11.6 Å². The second kappa shape index (κ2) is 8.53. The first-order valence-electron chi connectivity index (χ1n) is 10.5. The average Bonchev–Trinajstić information content (AvgIpc) is 3.35. The van der Waals surface area contributed by atoms with Crippen molar-refractivity contribution in [1.29, 1.82) is 0 Å². The molecular weight excluding hydrogens is 468 g/mol. The number of oxazole rings is 1. The number of aromatic amines is 1. The van der Waals surface area contributed by atoms with Crippen molar-refractivity contribution >= 4 is 49.7 Å². The third-order valence-electron chi connectivity index (χ3n) is 5.91. The predicted octanol–water partition coefficient (Wildman–Crippen LogP) is 4.29. The highest BCUT2D eigenvalue weighted by Gasteiger charge is 2.23. The summed E-state index contributed by atoms with van der Waals surface area (Å²) in [5.74, 6) is 0.843. The largest absolute Gasteiger partial charge is 0.497 e. The summed E-state index contributed by atoms with van der Waals surface area (Å²) in [7, 11) is -2.78. The molecule has 0 unspecified atom stereocenters. The van der Waals surface area contributed by atoms with Crippen molar-refractivity contribution in [2.24, 2.45) is 0 Å². The van der Waals surface area contributed by atoms with Gasteiger partial charge >= 0.3 is 0 Å². The fraction of sp³-hybridized carbons (Fsp3) is 0.318. The summed E-state index contributed by atoms with van der Waals surface area (Å²) in [4.78, 5) is 9.81. The quantitative estimate of drug-likeness (QED) is 0.342. The zero-order chi connectivity index (χ0) is 23.2. The molecule has 11 heteroatoms. The molecule has 2 aromatic heterocycles. The smallest absolute Gasteiger partial charge is 0.296 e. The second-order valence-corrected chi connectivity index (χ2v) is 9.98. The molecule has 0 saturated carbocycles. The van der Waals surface area contributed by atoms with E-state index in [4.69, 9.17) is 20.8 Å². The van der Waals surface area contributed by atoms with Crippen LogP contribution in [0.5, 0.6) is 5.75 Å². The molecule has 1 aliphatic heterocycles. The van der Waals surface area contributed by atoms with Crippen molar-refractivity contribution < 1.29 is 22.1 Å². The third kappa shape index (κ3) is 4.65. The Kier molecular flexibility index (Phi) is 5.69. The normalized spacial score (nSPS) is 16.0. The summed E-state index contributed by atoms with van der Waals surface area (Å²) in [5.41, 5.74) is 2.91. The maximum absolute atomic E-state index is 11.4. The Morgan fingerprint density at radius 3 is 2.79 bits per heavy atom. The van der Waals surface area contributed by atoms with Gasteiger partial charge < -0.3 is 19.5 Å². The van der Waals surface area contributed by atoms with E-state index in [1.54, 1.807) is 7.11 Å². The van der Waals surface area contributed by atoms with Gasteiger partial charge in [0.15, 0.2) is 5.58 Å². The second-order valence-electron chi connectivity index (χ2n) is 8.19. The van der Waals surface area contributed by atoms with Gasteiger partial charge in [0, 0.05) is 48.3 Å². The van der Waals surface area contributed by atoms with E-state index in [1.807, 2.05) is 18.2 Å². The summed E-state index contributed by atoms with van der Waals surface area (Å²) >= 11 is 5.96. The number of H-pyrrole nitrogens is 1. The van der Waals surface area contributed by atoms with Crippen LogP contribution in [0.25, 0.3) is 22.0 Å². The number of hydrogen-bond acceptors (Lipinski definition) is 7. The first kappa shape index (κ1) is 22.0. The zero-order valence-electron chi connectivity index (χ0n) is 17.8. The molecule has 3 N–H and O–H groups in total. The van der Waals surface area contributed by atoms with Crippen LogP contribution in [0.3, 0.4) is 0 Å². The molecule has 4 aromatic rings. The molecule has 3 heterocycles. The van der Waals surface area contributed by atoms with Gasteiger partial charge in [-0.25, -0.2) is 0 Å². The third-order valence-corrected chi connectivity index (χ3v) is 7.23. The number of methoxy groups -OCH3 is 1. The maximum Gasteiger partial charge on any atom is 0.296 e. The number of nitrogens with zero attached hydrogens (tertiary/aromatic N) is 2. The van der Waals surface area contributed by atoms with Crippen molar-refractivity contribution in [3.63, 3.8) is 0 Å². The van der Waals surface area contributed by atoms with E-state index in [1.165, 1.54) is 12.1 Å². The standard InChI is InChI=1S/C22H23ClN4O5S/c1-31-16-2-3-18-13(9-16)8-15(24-18)12-27-6-4-14(5-7-27)25-22-26-19-10-17(23)21(33(28,29)30)11-20(19)32-22/h2-3,8-11,14,24H,4-7,12H2,1H3,(H,25,26)(H,28,29,30). The minimum atomic E-state index is -4.44. The van der Waals surface area contributed by atoms with Crippen LogP contribution in [0, 0.1) is 0 Å². The van der Waals surface area contributed by atoms with Crippen LogP contribution in [0.1, 0.15) is 18.5 Å². The van der Waals surface area contributed by atoms with Crippen molar-refractivity contribution in [3.8, 4) is 5.75 Å². The summed E-state index contributed by atoms with van der Waals surface area (Å²) in [5, 5.41) is 4.32. The molecule has 0 aliphatic carbocycles. The summed E-state index contributed by atoms with van der Waals surface area (Å²) < 4.78 is 43.1. The van der Waals surface area contributed by atoms with E-state index in [-0.39, 0.29) is 16.6 Å². The number of anilines is 1. The molecule has 1 saturated heterocycles. The molecule has 0 spiro atoms. The van der Waals surface area contributed by atoms with E-state index in [2.05, 4.69) is 26.3 Å². The Balaban J connectivity index is 1.21. The van der Waals surface area contributed by atoms with Crippen LogP contribution < -0.4 is 10.1 Å². The Labute approximate surface area is 195 Å². The molecular formula is C22H23ClN4O5S. The minimum absolute atomic E-state index is 0.103. The van der Waals surface area contributed by atoms with Crippen LogP contribution in [-0.4, -0.2) is 54.1 Å². The Morgan fingerprint density at radius 2 is 2.06 bits per heavy atom. The van der Waals surface area contributed by atoms with Crippen LogP contribution in [0.2, 0.25) is 5.02 Å². The minimum Gasteiger partial charge on any atom is -0.497 e. The molecule has 0 atom stereocenters. The SMILES string of the molecule is COc1ccc2[nH]c(CN3CCC(Nc4nc5cc(Cl)c(S(=O)(=O)O)cc5o4)CC3)cc2c1. The van der Waals surface area contributed by atoms with Gasteiger partial charge in [0.05, 0.1) is 12.1 Å². The fourth-order valence-electron chi connectivity index (χ4n) is 4.22. The van der Waals surface area contributed by atoms with Crippen molar-refractivity contribution in [3.05, 3.63) is 47.1 Å². The average molecular weight is 491 g/mol. The van der Waals surface area contributed by atoms with E-state index in [0.29, 0.717) is 11.5 Å². The summed E-state index contributed by atoms with van der Waals surface area (Å²) in [6.07, 6.45) is 1.81. The molecule has 174 valence electrons. The summed E-state index contributed by atoms with van der Waals surface area (Å²) in [6.45, 7) is 2.66. The van der Waals surface area contributed by atoms with Gasteiger partial charge in [0.1, 0.15) is 16.2 Å². The number of nitrogens with one attached hydrogen (secondary N) is 2. The zero-order valence-corrected chi connectivity index (χ0v) is 19.4. The number of fused-ring (bicyclic) bond motifs is 2. The van der Waals surface area contributed by atoms with Gasteiger partial charge in [-0.05, 0) is 43.2 Å². The molecule has 2 aromatic carbocycles. The number of ether oxygens (including phenoxy) is 1. The maximum atomic E-state index is 11.4. The number of halogens is 1. The monoisotopic (exact) mass is 490 g/mol. The van der Waals surface area contributed by atoms with E-state index < -0.39 is 15.0 Å². The highest BCUT2D eigenvalue weighted by molar-refractivity contribution is 7.86. The van der Waals surface area contributed by atoms with Gasteiger partial charge in [-0.1, -0.05) is 11.6 Å². The number of piperidine rings is 1. The molecule has 1 aliphatic rings. The number of benzene rings is 2. The van der Waals surface area contributed by atoms with E-state index in [0.717, 1.165) is 54.8 Å². The summed E-state index contributed by atoms with van der Waals surface area (Å²) in [6, 6.07) is 11.2. The topological polar surface area (TPSA) is 121 Å². The van der Waals surface area contributed by atoms with Gasteiger partial charge in [0.25, 0.3) is 16.1 Å². The lowest BCUT2D eigenvalue weighted by molar-refractivity contribution is 0.208. The Hall–Kier alpha value is -2.79. The molecule has 0 radical (unpaired) electrons. The molecule has 0 amide bonds. The molecule has 9 nitrogen and oxygen atoms in total. The Morgan fingerprint density at radius 1 is 1.27 bits per heavy atom. The van der Waals surface area contributed by atoms with Gasteiger partial charge in [-0.15, -0.1) is 0 Å². The lowest BCUT2D eigenvalue weighted by Crippen LogP contribution is -2.38. The number of rotatable bonds is 6. The predicted molar refractivity (Wildman–Crippen MR) is 126 cm³/mol.